The van der Waals surface area contributed by atoms with Crippen LogP contribution in [-0.4, -0.2) is 32.3 Å². The number of carbonyl (C=O) groups is 1. The lowest BCUT2D eigenvalue weighted by atomic mass is 9.98. The summed E-state index contributed by atoms with van der Waals surface area (Å²) in [6.07, 6.45) is 2.03. The van der Waals surface area contributed by atoms with E-state index in [4.69, 9.17) is 0 Å². The van der Waals surface area contributed by atoms with E-state index >= 15 is 0 Å². The van der Waals surface area contributed by atoms with Crippen molar-refractivity contribution in [2.24, 2.45) is 5.92 Å². The molecule has 0 atom stereocenters. The van der Waals surface area contributed by atoms with Crippen LogP contribution in [0.4, 0.5) is 0 Å². The number of benzene rings is 2. The van der Waals surface area contributed by atoms with Crippen LogP contribution in [0.2, 0.25) is 0 Å². The van der Waals surface area contributed by atoms with E-state index in [0.717, 1.165) is 31.5 Å². The number of hydrogen-bond donors (Lipinski definition) is 1. The van der Waals surface area contributed by atoms with Crippen LogP contribution in [0.15, 0.2) is 59.5 Å². The Morgan fingerprint density at radius 3 is 2.27 bits per heavy atom. The van der Waals surface area contributed by atoms with E-state index in [2.05, 4.69) is 11.6 Å². The Hall–Kier alpha value is -2.18. The minimum atomic E-state index is -3.61. The fourth-order valence-corrected chi connectivity index (χ4v) is 4.05. The van der Waals surface area contributed by atoms with Gasteiger partial charge < -0.3 is 4.90 Å². The summed E-state index contributed by atoms with van der Waals surface area (Å²) >= 11 is 0. The van der Waals surface area contributed by atoms with Crippen molar-refractivity contribution in [3.8, 4) is 0 Å². The molecular formula is C20H24N2O3S. The molecule has 138 valence electrons. The lowest BCUT2D eigenvalue weighted by Crippen LogP contribution is -2.37. The van der Waals surface area contributed by atoms with Crippen LogP contribution >= 0.6 is 0 Å². The molecule has 5 nitrogen and oxygen atoms in total. The molecule has 0 spiro atoms. The van der Waals surface area contributed by atoms with Crippen molar-refractivity contribution < 1.29 is 13.2 Å². The maximum absolute atomic E-state index is 12.5. The van der Waals surface area contributed by atoms with Crippen LogP contribution in [0.5, 0.6) is 0 Å². The van der Waals surface area contributed by atoms with Gasteiger partial charge in [-0.1, -0.05) is 37.3 Å². The maximum Gasteiger partial charge on any atom is 0.253 e. The summed E-state index contributed by atoms with van der Waals surface area (Å²) in [7, 11) is -3.61. The molecule has 1 saturated heterocycles. The number of amides is 1. The Morgan fingerprint density at radius 1 is 1.04 bits per heavy atom. The number of carbonyl (C=O) groups excluding carboxylic acids is 1. The van der Waals surface area contributed by atoms with Gasteiger partial charge in [0.15, 0.2) is 0 Å². The van der Waals surface area contributed by atoms with Gasteiger partial charge in [-0.15, -0.1) is 0 Å². The van der Waals surface area contributed by atoms with Gasteiger partial charge in [-0.3, -0.25) is 4.79 Å². The second-order valence-corrected chi connectivity index (χ2v) is 8.58. The maximum atomic E-state index is 12.5. The molecule has 1 amide bonds. The van der Waals surface area contributed by atoms with Gasteiger partial charge in [0.25, 0.3) is 5.91 Å². The number of nitrogens with zero attached hydrogens (tertiary/aromatic N) is 1. The Morgan fingerprint density at radius 2 is 1.65 bits per heavy atom. The normalized spacial score (nSPS) is 15.8. The average molecular weight is 372 g/mol. The van der Waals surface area contributed by atoms with Gasteiger partial charge in [0.1, 0.15) is 0 Å². The van der Waals surface area contributed by atoms with Crippen molar-refractivity contribution >= 4 is 15.9 Å². The molecular weight excluding hydrogens is 348 g/mol. The van der Waals surface area contributed by atoms with E-state index in [-0.39, 0.29) is 17.3 Å². The molecule has 0 aromatic heterocycles. The first-order valence-corrected chi connectivity index (χ1v) is 10.4. The molecule has 0 saturated carbocycles. The summed E-state index contributed by atoms with van der Waals surface area (Å²) in [4.78, 5) is 14.5. The van der Waals surface area contributed by atoms with Gasteiger partial charge in [0.05, 0.1) is 4.90 Å². The van der Waals surface area contributed by atoms with E-state index in [0.29, 0.717) is 11.5 Å². The minimum absolute atomic E-state index is 0.0295. The highest BCUT2D eigenvalue weighted by Gasteiger charge is 2.22. The molecule has 1 aliphatic heterocycles. The SMILES string of the molecule is CC1CCN(C(=O)c2ccc(S(=O)(=O)NCc3ccccc3)cc2)CC1. The highest BCUT2D eigenvalue weighted by atomic mass is 32.2. The fourth-order valence-electron chi connectivity index (χ4n) is 3.03. The first kappa shape index (κ1) is 18.6. The largest absolute Gasteiger partial charge is 0.339 e. The zero-order valence-corrected chi connectivity index (χ0v) is 15.7. The standard InChI is InChI=1S/C20H24N2O3S/c1-16-11-13-22(14-12-16)20(23)18-7-9-19(10-8-18)26(24,25)21-15-17-5-3-2-4-6-17/h2-10,16,21H,11-15H2,1H3. The Labute approximate surface area is 155 Å². The summed E-state index contributed by atoms with van der Waals surface area (Å²) in [6.45, 7) is 3.96. The second kappa shape index (κ2) is 8.01. The van der Waals surface area contributed by atoms with Crippen molar-refractivity contribution in [2.45, 2.75) is 31.2 Å². The predicted octanol–water partition coefficient (Wildman–Crippen LogP) is 3.04. The first-order chi connectivity index (χ1) is 12.5. The number of nitrogens with one attached hydrogen (secondary N) is 1. The summed E-state index contributed by atoms with van der Waals surface area (Å²) in [5, 5.41) is 0. The van der Waals surface area contributed by atoms with Crippen molar-refractivity contribution in [3.05, 3.63) is 65.7 Å². The first-order valence-electron chi connectivity index (χ1n) is 8.88. The number of likely N-dealkylation sites (tertiary alicyclic amines) is 1. The molecule has 1 aliphatic rings. The third kappa shape index (κ3) is 4.51. The average Bonchev–Trinajstić information content (AvgIpc) is 2.67. The molecule has 0 bridgehead atoms. The summed E-state index contributed by atoms with van der Waals surface area (Å²) in [6, 6.07) is 15.5. The van der Waals surface area contributed by atoms with Gasteiger partial charge in [0, 0.05) is 25.2 Å². The molecule has 0 unspecified atom stereocenters. The molecule has 2 aromatic carbocycles. The summed E-state index contributed by atoms with van der Waals surface area (Å²) < 4.78 is 27.4. The summed E-state index contributed by atoms with van der Waals surface area (Å²) in [5.74, 6) is 0.625. The third-order valence-electron chi connectivity index (χ3n) is 4.79. The molecule has 0 aliphatic carbocycles. The van der Waals surface area contributed by atoms with Crippen LogP contribution in [0.3, 0.4) is 0 Å². The van der Waals surface area contributed by atoms with Gasteiger partial charge in [-0.25, -0.2) is 13.1 Å². The Kier molecular flexibility index (Phi) is 5.74. The second-order valence-electron chi connectivity index (χ2n) is 6.81. The zero-order valence-electron chi connectivity index (χ0n) is 14.9. The smallest absolute Gasteiger partial charge is 0.253 e. The third-order valence-corrected chi connectivity index (χ3v) is 6.21. The van der Waals surface area contributed by atoms with Gasteiger partial charge >= 0.3 is 0 Å². The number of piperidine rings is 1. The lowest BCUT2D eigenvalue weighted by molar-refractivity contribution is 0.0697. The highest BCUT2D eigenvalue weighted by molar-refractivity contribution is 7.89. The van der Waals surface area contributed by atoms with Crippen LogP contribution in [0.1, 0.15) is 35.7 Å². The molecule has 0 radical (unpaired) electrons. The monoisotopic (exact) mass is 372 g/mol. The predicted molar refractivity (Wildman–Crippen MR) is 101 cm³/mol. The van der Waals surface area contributed by atoms with Gasteiger partial charge in [-0.05, 0) is 48.6 Å². The molecule has 2 aromatic rings. The number of rotatable bonds is 5. The van der Waals surface area contributed by atoms with Gasteiger partial charge in [-0.2, -0.15) is 0 Å². The molecule has 1 heterocycles. The fraction of sp³-hybridized carbons (Fsp3) is 0.350. The van der Waals surface area contributed by atoms with Crippen LogP contribution < -0.4 is 4.72 Å². The highest BCUT2D eigenvalue weighted by Crippen LogP contribution is 2.19. The van der Waals surface area contributed by atoms with Crippen LogP contribution in [0, 0.1) is 5.92 Å². The Bertz CT molecular complexity index is 840. The van der Waals surface area contributed by atoms with Crippen LogP contribution in [0.25, 0.3) is 0 Å². The van der Waals surface area contributed by atoms with Crippen molar-refractivity contribution in [1.82, 2.24) is 9.62 Å². The van der Waals surface area contributed by atoms with Gasteiger partial charge in [0.2, 0.25) is 10.0 Å². The quantitative estimate of drug-likeness (QED) is 0.877. The molecule has 6 heteroatoms. The van der Waals surface area contributed by atoms with Crippen molar-refractivity contribution in [2.75, 3.05) is 13.1 Å². The summed E-state index contributed by atoms with van der Waals surface area (Å²) in [5.41, 5.74) is 1.42. The number of hydrogen-bond acceptors (Lipinski definition) is 3. The zero-order chi connectivity index (χ0) is 18.6. The van der Waals surface area contributed by atoms with E-state index < -0.39 is 10.0 Å². The van der Waals surface area contributed by atoms with E-state index in [1.54, 1.807) is 12.1 Å². The van der Waals surface area contributed by atoms with Crippen LogP contribution in [-0.2, 0) is 16.6 Å². The van der Waals surface area contributed by atoms with Crippen molar-refractivity contribution in [1.29, 1.82) is 0 Å². The van der Waals surface area contributed by atoms with E-state index in [9.17, 15) is 13.2 Å². The van der Waals surface area contributed by atoms with E-state index in [1.807, 2.05) is 35.2 Å². The Balaban J connectivity index is 1.65. The minimum Gasteiger partial charge on any atom is -0.339 e. The number of sulfonamides is 1. The van der Waals surface area contributed by atoms with E-state index in [1.165, 1.54) is 12.1 Å². The topological polar surface area (TPSA) is 66.5 Å². The molecule has 1 N–H and O–H groups in total. The molecule has 3 rings (SSSR count). The molecule has 26 heavy (non-hydrogen) atoms. The molecule has 1 fully saturated rings. The lowest BCUT2D eigenvalue weighted by Gasteiger charge is -2.30. The van der Waals surface area contributed by atoms with Crippen molar-refractivity contribution in [3.63, 3.8) is 0 Å².